The van der Waals surface area contributed by atoms with Crippen LogP contribution in [0.1, 0.15) is 34.7 Å². The minimum atomic E-state index is 0. The highest BCUT2D eigenvalue weighted by Gasteiger charge is 2.08. The van der Waals surface area contributed by atoms with Crippen molar-refractivity contribution in [3.05, 3.63) is 57.3 Å². The van der Waals surface area contributed by atoms with Crippen LogP contribution in [-0.2, 0) is 19.5 Å². The lowest BCUT2D eigenvalue weighted by Gasteiger charge is -2.18. The quantitative estimate of drug-likeness (QED) is 0.320. The van der Waals surface area contributed by atoms with E-state index in [0.29, 0.717) is 12.6 Å². The number of nitrogens with zero attached hydrogens (tertiary/aromatic N) is 2. The number of benzene rings is 1. The summed E-state index contributed by atoms with van der Waals surface area (Å²) < 4.78 is 0. The van der Waals surface area contributed by atoms with Crippen molar-refractivity contribution >= 4 is 41.3 Å². The second-order valence-corrected chi connectivity index (χ2v) is 8.34. The SMILES string of the molecule is CCNC(=NCc1ccccc1CN(C)C)NC(C)Cc1ccc(C)s1.I. The first-order valence-electron chi connectivity index (χ1n) is 9.29. The van der Waals surface area contributed by atoms with Gasteiger partial charge in [0, 0.05) is 35.3 Å². The molecule has 0 fully saturated rings. The van der Waals surface area contributed by atoms with Crippen molar-refractivity contribution < 1.29 is 0 Å². The molecule has 27 heavy (non-hydrogen) atoms. The van der Waals surface area contributed by atoms with Crippen LogP contribution in [0.3, 0.4) is 0 Å². The Kier molecular flexibility index (Phi) is 10.9. The highest BCUT2D eigenvalue weighted by Crippen LogP contribution is 2.16. The van der Waals surface area contributed by atoms with E-state index in [4.69, 9.17) is 4.99 Å². The van der Waals surface area contributed by atoms with Crippen LogP contribution in [0.2, 0.25) is 0 Å². The molecule has 0 aliphatic heterocycles. The summed E-state index contributed by atoms with van der Waals surface area (Å²) in [6.07, 6.45) is 1.01. The zero-order valence-corrected chi connectivity index (χ0v) is 20.2. The van der Waals surface area contributed by atoms with E-state index in [2.05, 4.69) is 86.8 Å². The van der Waals surface area contributed by atoms with Crippen LogP contribution in [-0.4, -0.2) is 37.5 Å². The first-order valence-corrected chi connectivity index (χ1v) is 10.1. The lowest BCUT2D eigenvalue weighted by molar-refractivity contribution is 0.401. The fourth-order valence-electron chi connectivity index (χ4n) is 2.87. The molecule has 2 rings (SSSR count). The molecule has 6 heteroatoms. The third kappa shape index (κ3) is 8.62. The van der Waals surface area contributed by atoms with E-state index < -0.39 is 0 Å². The predicted octanol–water partition coefficient (Wildman–Crippen LogP) is 4.42. The second kappa shape index (κ2) is 12.4. The van der Waals surface area contributed by atoms with Gasteiger partial charge in [0.05, 0.1) is 6.54 Å². The lowest BCUT2D eigenvalue weighted by atomic mass is 10.1. The van der Waals surface area contributed by atoms with Crippen molar-refractivity contribution in [3.8, 4) is 0 Å². The van der Waals surface area contributed by atoms with E-state index in [-0.39, 0.29) is 24.0 Å². The first kappa shape index (κ1) is 23.9. The molecule has 0 bridgehead atoms. The number of aryl methyl sites for hydroxylation is 1. The Labute approximate surface area is 185 Å². The van der Waals surface area contributed by atoms with Crippen LogP contribution in [0.4, 0.5) is 0 Å². The summed E-state index contributed by atoms with van der Waals surface area (Å²) >= 11 is 1.87. The van der Waals surface area contributed by atoms with Crippen LogP contribution >= 0.6 is 35.3 Å². The molecule has 1 atom stereocenters. The van der Waals surface area contributed by atoms with Crippen LogP contribution in [0, 0.1) is 6.92 Å². The highest BCUT2D eigenvalue weighted by atomic mass is 127. The van der Waals surface area contributed by atoms with Crippen LogP contribution < -0.4 is 10.6 Å². The minimum absolute atomic E-state index is 0. The Balaban J connectivity index is 0.00000364. The van der Waals surface area contributed by atoms with Crippen molar-refractivity contribution in [2.45, 2.75) is 46.3 Å². The Bertz CT molecular complexity index is 712. The van der Waals surface area contributed by atoms with E-state index in [1.807, 2.05) is 11.3 Å². The number of hydrogen-bond acceptors (Lipinski definition) is 3. The monoisotopic (exact) mass is 500 g/mol. The van der Waals surface area contributed by atoms with Crippen molar-refractivity contribution in [1.29, 1.82) is 0 Å². The molecule has 4 nitrogen and oxygen atoms in total. The van der Waals surface area contributed by atoms with Gasteiger partial charge in [0.1, 0.15) is 0 Å². The number of rotatable bonds is 8. The zero-order valence-electron chi connectivity index (χ0n) is 17.1. The summed E-state index contributed by atoms with van der Waals surface area (Å²) in [5.41, 5.74) is 2.61. The van der Waals surface area contributed by atoms with Crippen molar-refractivity contribution in [2.75, 3.05) is 20.6 Å². The Hall–Kier alpha value is -1.12. The van der Waals surface area contributed by atoms with Crippen molar-refractivity contribution in [2.24, 2.45) is 4.99 Å². The normalized spacial score (nSPS) is 12.6. The van der Waals surface area contributed by atoms with E-state index in [9.17, 15) is 0 Å². The van der Waals surface area contributed by atoms with Gasteiger partial charge in [0.25, 0.3) is 0 Å². The second-order valence-electron chi connectivity index (χ2n) is 6.96. The molecule has 1 unspecified atom stereocenters. The number of nitrogens with one attached hydrogen (secondary N) is 2. The van der Waals surface area contributed by atoms with Crippen LogP contribution in [0.5, 0.6) is 0 Å². The molecule has 0 aliphatic carbocycles. The van der Waals surface area contributed by atoms with Gasteiger partial charge in [-0.3, -0.25) is 0 Å². The summed E-state index contributed by atoms with van der Waals surface area (Å²) in [6, 6.07) is 13.3. The van der Waals surface area contributed by atoms with Gasteiger partial charge in [-0.25, -0.2) is 4.99 Å². The molecule has 0 amide bonds. The maximum absolute atomic E-state index is 4.82. The van der Waals surface area contributed by atoms with Crippen LogP contribution in [0.15, 0.2) is 41.4 Å². The average Bonchev–Trinajstić information content (AvgIpc) is 2.98. The smallest absolute Gasteiger partial charge is 0.191 e. The molecular formula is C21H33IN4S. The standard InChI is InChI=1S/C21H32N4S.HI/c1-6-22-21(24-16(2)13-20-12-11-17(3)26-20)23-14-18-9-7-8-10-19(18)15-25(4)5;/h7-12,16H,6,13-15H2,1-5H3,(H2,22,23,24);1H. The van der Waals surface area contributed by atoms with Crippen molar-refractivity contribution in [3.63, 3.8) is 0 Å². The maximum Gasteiger partial charge on any atom is 0.191 e. The largest absolute Gasteiger partial charge is 0.357 e. The van der Waals surface area contributed by atoms with Gasteiger partial charge in [-0.2, -0.15) is 0 Å². The molecule has 0 radical (unpaired) electrons. The highest BCUT2D eigenvalue weighted by molar-refractivity contribution is 14.0. The maximum atomic E-state index is 4.82. The first-order chi connectivity index (χ1) is 12.5. The van der Waals surface area contributed by atoms with Crippen LogP contribution in [0.25, 0.3) is 0 Å². The zero-order chi connectivity index (χ0) is 18.9. The van der Waals surface area contributed by atoms with Gasteiger partial charge in [-0.15, -0.1) is 35.3 Å². The third-order valence-electron chi connectivity index (χ3n) is 4.04. The molecule has 0 aliphatic rings. The molecule has 2 aromatic rings. The topological polar surface area (TPSA) is 39.7 Å². The lowest BCUT2D eigenvalue weighted by Crippen LogP contribution is -2.43. The molecule has 1 aromatic heterocycles. The van der Waals surface area contributed by atoms with Gasteiger partial charge in [0.15, 0.2) is 5.96 Å². The summed E-state index contributed by atoms with van der Waals surface area (Å²) in [5, 5.41) is 6.91. The molecule has 0 saturated carbocycles. The molecular weight excluding hydrogens is 467 g/mol. The number of hydrogen-bond donors (Lipinski definition) is 2. The third-order valence-corrected chi connectivity index (χ3v) is 5.07. The van der Waals surface area contributed by atoms with E-state index in [0.717, 1.165) is 25.5 Å². The Morgan fingerprint density at radius 3 is 2.44 bits per heavy atom. The molecule has 0 saturated heterocycles. The summed E-state index contributed by atoms with van der Waals surface area (Å²) in [6.45, 7) is 8.94. The Morgan fingerprint density at radius 1 is 1.15 bits per heavy atom. The number of thiophene rings is 1. The van der Waals surface area contributed by atoms with Gasteiger partial charge in [-0.05, 0) is 58.1 Å². The minimum Gasteiger partial charge on any atom is -0.357 e. The fraction of sp³-hybridized carbons (Fsp3) is 0.476. The fourth-order valence-corrected chi connectivity index (χ4v) is 3.89. The number of guanidine groups is 1. The van der Waals surface area contributed by atoms with Gasteiger partial charge >= 0.3 is 0 Å². The van der Waals surface area contributed by atoms with Gasteiger partial charge < -0.3 is 15.5 Å². The average molecular weight is 500 g/mol. The predicted molar refractivity (Wildman–Crippen MR) is 129 cm³/mol. The summed E-state index contributed by atoms with van der Waals surface area (Å²) in [5.74, 6) is 0.882. The van der Waals surface area contributed by atoms with E-state index in [1.54, 1.807) is 0 Å². The Morgan fingerprint density at radius 2 is 1.85 bits per heavy atom. The molecule has 1 aromatic carbocycles. The number of aliphatic imine (C=N–C) groups is 1. The molecule has 2 N–H and O–H groups in total. The molecule has 150 valence electrons. The summed E-state index contributed by atoms with van der Waals surface area (Å²) in [7, 11) is 4.19. The van der Waals surface area contributed by atoms with Crippen molar-refractivity contribution in [1.82, 2.24) is 15.5 Å². The van der Waals surface area contributed by atoms with Gasteiger partial charge in [-0.1, -0.05) is 24.3 Å². The number of halogens is 1. The van der Waals surface area contributed by atoms with E-state index >= 15 is 0 Å². The van der Waals surface area contributed by atoms with Gasteiger partial charge in [0.2, 0.25) is 0 Å². The molecule has 0 spiro atoms. The summed E-state index contributed by atoms with van der Waals surface area (Å²) in [4.78, 5) is 9.79. The van der Waals surface area contributed by atoms with E-state index in [1.165, 1.54) is 20.9 Å². The molecule has 1 heterocycles.